The molecule has 2 aromatic heterocycles. The molecule has 0 atom stereocenters. The second-order valence-electron chi connectivity index (χ2n) is 6.29. The number of hydrogen-bond acceptors (Lipinski definition) is 4. The predicted molar refractivity (Wildman–Crippen MR) is 91.3 cm³/mol. The van der Waals surface area contributed by atoms with Crippen molar-refractivity contribution in [3.8, 4) is 0 Å². The van der Waals surface area contributed by atoms with Crippen LogP contribution in [0.1, 0.15) is 58.9 Å². The minimum absolute atomic E-state index is 0.00979. The predicted octanol–water partition coefficient (Wildman–Crippen LogP) is 3.87. The molecule has 3 rings (SSSR count). The van der Waals surface area contributed by atoms with E-state index in [9.17, 15) is 9.59 Å². The lowest BCUT2D eigenvalue weighted by Crippen LogP contribution is -2.45. The van der Waals surface area contributed by atoms with Gasteiger partial charge in [-0.05, 0) is 37.3 Å². The van der Waals surface area contributed by atoms with E-state index in [4.69, 9.17) is 9.52 Å². The van der Waals surface area contributed by atoms with Crippen molar-refractivity contribution in [1.82, 2.24) is 5.32 Å². The Balaban J connectivity index is 1.75. The van der Waals surface area contributed by atoms with Crippen LogP contribution in [0.4, 0.5) is 0 Å². The Kier molecular flexibility index (Phi) is 4.76. The molecule has 2 heterocycles. The summed E-state index contributed by atoms with van der Waals surface area (Å²) in [5.74, 6) is -0.181. The van der Waals surface area contributed by atoms with Gasteiger partial charge in [-0.1, -0.05) is 25.3 Å². The average Bonchev–Trinajstić information content (AvgIpc) is 3.23. The molecule has 6 heteroatoms. The maximum Gasteiger partial charge on any atom is 0.339 e. The van der Waals surface area contributed by atoms with E-state index in [1.54, 1.807) is 18.3 Å². The highest BCUT2D eigenvalue weighted by atomic mass is 32.1. The Hall–Kier alpha value is -2.08. The van der Waals surface area contributed by atoms with Gasteiger partial charge in [0, 0.05) is 4.88 Å². The summed E-state index contributed by atoms with van der Waals surface area (Å²) in [5.41, 5.74) is -0.311. The summed E-state index contributed by atoms with van der Waals surface area (Å²) < 4.78 is 5.44. The monoisotopic (exact) mass is 347 g/mol. The van der Waals surface area contributed by atoms with Gasteiger partial charge in [0.15, 0.2) is 0 Å². The van der Waals surface area contributed by atoms with E-state index in [-0.39, 0.29) is 18.0 Å². The van der Waals surface area contributed by atoms with E-state index >= 15 is 0 Å². The lowest BCUT2D eigenvalue weighted by molar-refractivity contribution is -0.128. The second kappa shape index (κ2) is 6.81. The van der Waals surface area contributed by atoms with Gasteiger partial charge in [0.1, 0.15) is 17.1 Å². The molecule has 0 spiro atoms. The summed E-state index contributed by atoms with van der Waals surface area (Å²) in [5, 5.41) is 14.0. The molecule has 0 radical (unpaired) electrons. The molecule has 2 N–H and O–H groups in total. The van der Waals surface area contributed by atoms with Gasteiger partial charge in [-0.3, -0.25) is 4.79 Å². The van der Waals surface area contributed by atoms with Crippen LogP contribution < -0.4 is 5.32 Å². The highest BCUT2D eigenvalue weighted by Crippen LogP contribution is 2.41. The average molecular weight is 347 g/mol. The summed E-state index contributed by atoms with van der Waals surface area (Å²) in [6.45, 7) is 1.82. The lowest BCUT2D eigenvalue weighted by Gasteiger charge is -2.35. The van der Waals surface area contributed by atoms with Crippen molar-refractivity contribution in [1.29, 1.82) is 0 Å². The molecule has 128 valence electrons. The van der Waals surface area contributed by atoms with Crippen LogP contribution in [0.5, 0.6) is 0 Å². The molecule has 0 saturated heterocycles. The molecule has 1 amide bonds. The molecule has 1 saturated carbocycles. The summed E-state index contributed by atoms with van der Waals surface area (Å²) in [7, 11) is 0. The third kappa shape index (κ3) is 3.11. The minimum atomic E-state index is -1.02. The van der Waals surface area contributed by atoms with E-state index in [0.29, 0.717) is 11.5 Å². The Bertz CT molecular complexity index is 726. The van der Waals surface area contributed by atoms with Crippen LogP contribution in [0.3, 0.4) is 0 Å². The van der Waals surface area contributed by atoms with Gasteiger partial charge in [-0.15, -0.1) is 11.3 Å². The number of thiophene rings is 1. The Morgan fingerprint density at radius 3 is 2.67 bits per heavy atom. The number of carbonyl (C=O) groups is 2. The Morgan fingerprint density at radius 2 is 2.08 bits per heavy atom. The van der Waals surface area contributed by atoms with Gasteiger partial charge in [-0.2, -0.15) is 0 Å². The number of amides is 1. The van der Waals surface area contributed by atoms with Crippen molar-refractivity contribution in [3.05, 3.63) is 45.5 Å². The number of nitrogens with one attached hydrogen (secondary N) is 1. The minimum Gasteiger partial charge on any atom is -0.478 e. The van der Waals surface area contributed by atoms with Crippen LogP contribution >= 0.6 is 11.3 Å². The van der Waals surface area contributed by atoms with Crippen LogP contribution in [0.2, 0.25) is 0 Å². The second-order valence-corrected chi connectivity index (χ2v) is 7.24. The first kappa shape index (κ1) is 16.8. The van der Waals surface area contributed by atoms with Crippen LogP contribution in [0.15, 0.2) is 28.0 Å². The topological polar surface area (TPSA) is 79.5 Å². The molecule has 1 fully saturated rings. The molecule has 0 bridgehead atoms. The first-order valence-electron chi connectivity index (χ1n) is 8.18. The van der Waals surface area contributed by atoms with Gasteiger partial charge in [0.2, 0.25) is 5.91 Å². The molecule has 0 aromatic carbocycles. The Morgan fingerprint density at radius 1 is 1.33 bits per heavy atom. The lowest BCUT2D eigenvalue weighted by atomic mass is 9.72. The summed E-state index contributed by atoms with van der Waals surface area (Å²) in [6, 6.07) is 5.50. The van der Waals surface area contributed by atoms with Crippen LogP contribution in [-0.2, 0) is 16.8 Å². The van der Waals surface area contributed by atoms with Crippen molar-refractivity contribution in [3.63, 3.8) is 0 Å². The van der Waals surface area contributed by atoms with Crippen molar-refractivity contribution in [2.75, 3.05) is 0 Å². The molecule has 0 aliphatic heterocycles. The zero-order chi connectivity index (χ0) is 17.2. The van der Waals surface area contributed by atoms with E-state index < -0.39 is 11.4 Å². The SMILES string of the molecule is Cc1oc(CNC(=O)C2(c3cccs3)CCCCC2)cc1C(=O)O. The molecule has 1 aliphatic rings. The Labute approximate surface area is 144 Å². The third-order valence-electron chi connectivity index (χ3n) is 4.76. The number of rotatable bonds is 5. The number of aryl methyl sites for hydroxylation is 1. The van der Waals surface area contributed by atoms with Crippen LogP contribution in [0.25, 0.3) is 0 Å². The van der Waals surface area contributed by atoms with Gasteiger partial charge < -0.3 is 14.8 Å². The first-order valence-corrected chi connectivity index (χ1v) is 9.06. The largest absolute Gasteiger partial charge is 0.478 e. The van der Waals surface area contributed by atoms with E-state index in [2.05, 4.69) is 5.32 Å². The van der Waals surface area contributed by atoms with E-state index in [1.807, 2.05) is 17.5 Å². The fourth-order valence-electron chi connectivity index (χ4n) is 3.47. The molecule has 24 heavy (non-hydrogen) atoms. The van der Waals surface area contributed by atoms with Gasteiger partial charge in [0.25, 0.3) is 0 Å². The summed E-state index contributed by atoms with van der Waals surface area (Å²) >= 11 is 1.63. The molecule has 2 aromatic rings. The fourth-order valence-corrected chi connectivity index (χ4v) is 4.45. The van der Waals surface area contributed by atoms with Crippen molar-refractivity contribution < 1.29 is 19.1 Å². The number of aromatic carboxylic acids is 1. The number of carboxylic acids is 1. The zero-order valence-corrected chi connectivity index (χ0v) is 14.4. The molecular formula is C18H21NO4S. The summed E-state index contributed by atoms with van der Waals surface area (Å²) in [4.78, 5) is 25.1. The van der Waals surface area contributed by atoms with E-state index in [1.165, 1.54) is 12.5 Å². The molecule has 1 aliphatic carbocycles. The van der Waals surface area contributed by atoms with Gasteiger partial charge in [0.05, 0.1) is 12.0 Å². The van der Waals surface area contributed by atoms with E-state index in [0.717, 1.165) is 30.6 Å². The first-order chi connectivity index (χ1) is 11.5. The maximum absolute atomic E-state index is 13.0. The van der Waals surface area contributed by atoms with Gasteiger partial charge in [-0.25, -0.2) is 4.79 Å². The van der Waals surface area contributed by atoms with Crippen LogP contribution in [0, 0.1) is 6.92 Å². The van der Waals surface area contributed by atoms with Crippen molar-refractivity contribution >= 4 is 23.2 Å². The fraction of sp³-hybridized carbons (Fsp3) is 0.444. The molecule has 0 unspecified atom stereocenters. The third-order valence-corrected chi connectivity index (χ3v) is 5.83. The van der Waals surface area contributed by atoms with Gasteiger partial charge >= 0.3 is 5.97 Å². The smallest absolute Gasteiger partial charge is 0.339 e. The number of furan rings is 1. The van der Waals surface area contributed by atoms with Crippen LogP contribution in [-0.4, -0.2) is 17.0 Å². The highest BCUT2D eigenvalue weighted by Gasteiger charge is 2.41. The molecular weight excluding hydrogens is 326 g/mol. The quantitative estimate of drug-likeness (QED) is 0.860. The summed E-state index contributed by atoms with van der Waals surface area (Å²) in [6.07, 6.45) is 4.98. The van der Waals surface area contributed by atoms with Crippen molar-refractivity contribution in [2.24, 2.45) is 0 Å². The highest BCUT2D eigenvalue weighted by molar-refractivity contribution is 7.10. The number of carboxylic acid groups (broad SMARTS) is 1. The number of carbonyl (C=O) groups excluding carboxylic acids is 1. The molecule has 5 nitrogen and oxygen atoms in total. The standard InChI is InChI=1S/C18H21NO4S/c1-12-14(16(20)21)10-13(23-12)11-19-17(22)18(7-3-2-4-8-18)15-6-5-9-24-15/h5-6,9-10H,2-4,7-8,11H2,1H3,(H,19,22)(H,20,21). The zero-order valence-electron chi connectivity index (χ0n) is 13.6. The number of hydrogen-bond donors (Lipinski definition) is 2. The normalized spacial score (nSPS) is 16.7. The maximum atomic E-state index is 13.0. The van der Waals surface area contributed by atoms with Crippen molar-refractivity contribution in [2.45, 2.75) is 51.0 Å².